The van der Waals surface area contributed by atoms with E-state index in [0.717, 1.165) is 35.5 Å². The molecule has 1 aliphatic carbocycles. The molecule has 2 amide bonds. The van der Waals surface area contributed by atoms with Crippen molar-refractivity contribution < 1.29 is 14.0 Å². The van der Waals surface area contributed by atoms with Gasteiger partial charge in [0.05, 0.1) is 5.75 Å². The third-order valence-corrected chi connectivity index (χ3v) is 7.72. The fourth-order valence-corrected chi connectivity index (χ4v) is 5.70. The number of anilines is 2. The molecule has 0 aliphatic heterocycles. The molecule has 2 atom stereocenters. The van der Waals surface area contributed by atoms with Gasteiger partial charge in [-0.25, -0.2) is 14.4 Å². The van der Waals surface area contributed by atoms with Crippen molar-refractivity contribution in [1.82, 2.24) is 14.9 Å². The van der Waals surface area contributed by atoms with Gasteiger partial charge in [-0.2, -0.15) is 0 Å². The lowest BCUT2D eigenvalue weighted by atomic mass is 9.86. The Morgan fingerprint density at radius 2 is 1.70 bits per heavy atom. The third-order valence-electron chi connectivity index (χ3n) is 6.88. The van der Waals surface area contributed by atoms with E-state index in [9.17, 15) is 14.0 Å². The average molecular weight is 562 g/mol. The first kappa shape index (κ1) is 29.3. The van der Waals surface area contributed by atoms with Crippen LogP contribution in [0, 0.1) is 25.6 Å². The number of nitrogens with one attached hydrogen (secondary N) is 1. The van der Waals surface area contributed by atoms with Crippen molar-refractivity contribution in [2.45, 2.75) is 50.9 Å². The van der Waals surface area contributed by atoms with Crippen LogP contribution in [0.2, 0.25) is 0 Å². The molecular weight excluding hydrogens is 525 g/mol. The first-order valence-electron chi connectivity index (χ1n) is 13.4. The van der Waals surface area contributed by atoms with Crippen molar-refractivity contribution in [1.29, 1.82) is 0 Å². The molecular formula is C31H36FN5O2S. The molecule has 210 valence electrons. The van der Waals surface area contributed by atoms with E-state index in [2.05, 4.69) is 27.4 Å². The van der Waals surface area contributed by atoms with Crippen LogP contribution < -0.4 is 10.2 Å². The number of rotatable bonds is 10. The molecule has 0 bridgehead atoms. The summed E-state index contributed by atoms with van der Waals surface area (Å²) in [5, 5.41) is 3.58. The van der Waals surface area contributed by atoms with Gasteiger partial charge in [-0.3, -0.25) is 9.59 Å². The van der Waals surface area contributed by atoms with Gasteiger partial charge in [0.15, 0.2) is 5.16 Å². The number of allylic oxidation sites excluding steroid dienone is 2. The van der Waals surface area contributed by atoms with E-state index in [4.69, 9.17) is 0 Å². The first-order valence-corrected chi connectivity index (χ1v) is 14.4. The Balaban J connectivity index is 1.63. The molecule has 0 spiro atoms. The first-order chi connectivity index (χ1) is 19.2. The molecule has 9 heteroatoms. The molecule has 7 nitrogen and oxygen atoms in total. The molecule has 0 saturated heterocycles. The van der Waals surface area contributed by atoms with Crippen LogP contribution in [-0.4, -0.2) is 52.6 Å². The normalized spacial score (nSPS) is 15.4. The molecule has 2 aromatic carbocycles. The number of halogens is 1. The molecule has 0 radical (unpaired) electrons. The summed E-state index contributed by atoms with van der Waals surface area (Å²) in [5.74, 6) is -0.765. The maximum absolute atomic E-state index is 14.0. The minimum atomic E-state index is -0.711. The van der Waals surface area contributed by atoms with Crippen molar-refractivity contribution in [3.8, 4) is 0 Å². The van der Waals surface area contributed by atoms with Gasteiger partial charge in [-0.05, 0) is 87.1 Å². The number of benzene rings is 2. The summed E-state index contributed by atoms with van der Waals surface area (Å²) in [6.07, 6.45) is 6.52. The largest absolute Gasteiger partial charge is 0.378 e. The maximum atomic E-state index is 14.0. The van der Waals surface area contributed by atoms with E-state index >= 15 is 0 Å². The van der Waals surface area contributed by atoms with Gasteiger partial charge < -0.3 is 15.1 Å². The number of amides is 2. The molecule has 40 heavy (non-hydrogen) atoms. The lowest BCUT2D eigenvalue weighted by Crippen LogP contribution is -2.51. The van der Waals surface area contributed by atoms with Crippen LogP contribution in [-0.2, 0) is 16.1 Å². The summed E-state index contributed by atoms with van der Waals surface area (Å²) in [5.41, 5.74) is 4.10. The van der Waals surface area contributed by atoms with Gasteiger partial charge in [0.25, 0.3) is 0 Å². The van der Waals surface area contributed by atoms with E-state index in [1.54, 1.807) is 17.0 Å². The highest BCUT2D eigenvalue weighted by Gasteiger charge is 2.36. The monoisotopic (exact) mass is 561 g/mol. The van der Waals surface area contributed by atoms with Crippen molar-refractivity contribution in [2.24, 2.45) is 5.92 Å². The number of aromatic nitrogens is 2. The third kappa shape index (κ3) is 7.91. The fraction of sp³-hybridized carbons (Fsp3) is 0.355. The summed E-state index contributed by atoms with van der Waals surface area (Å²) in [4.78, 5) is 40.4. The summed E-state index contributed by atoms with van der Waals surface area (Å²) in [7, 11) is 3.92. The van der Waals surface area contributed by atoms with Crippen molar-refractivity contribution in [3.63, 3.8) is 0 Å². The second-order valence-corrected chi connectivity index (χ2v) is 11.2. The fourth-order valence-electron chi connectivity index (χ4n) is 4.87. The Bertz CT molecular complexity index is 1320. The quantitative estimate of drug-likeness (QED) is 0.192. The second kappa shape index (κ2) is 13.6. The Labute approximate surface area is 239 Å². The lowest BCUT2D eigenvalue weighted by Gasteiger charge is -2.37. The summed E-state index contributed by atoms with van der Waals surface area (Å²) in [6.45, 7) is 3.97. The van der Waals surface area contributed by atoms with E-state index in [1.165, 1.54) is 23.9 Å². The summed E-state index contributed by atoms with van der Waals surface area (Å²) in [6, 6.07) is 14.9. The Kier molecular flexibility index (Phi) is 9.93. The van der Waals surface area contributed by atoms with E-state index in [-0.39, 0.29) is 35.8 Å². The number of hydrogen-bond donors (Lipinski definition) is 1. The molecule has 1 N–H and O–H groups in total. The predicted octanol–water partition coefficient (Wildman–Crippen LogP) is 5.78. The van der Waals surface area contributed by atoms with Crippen LogP contribution in [0.4, 0.5) is 15.8 Å². The Morgan fingerprint density at radius 3 is 2.30 bits per heavy atom. The summed E-state index contributed by atoms with van der Waals surface area (Å²) >= 11 is 1.26. The molecule has 3 aromatic rings. The standard InChI is InChI=1S/C31H36FN5O2S/c1-21-18-22(2)34-31(33-21)40-20-28(38)37(19-23-10-12-25(32)13-11-23)29(24-8-6-5-7-9-24)30(39)35-26-14-16-27(17-15-26)36(3)4/h5-6,10-18,24,29H,7-9,19-20H2,1-4H3,(H,35,39)/t24-,29-/m1/s1. The van der Waals surface area contributed by atoms with Gasteiger partial charge >= 0.3 is 0 Å². The number of carbonyl (C=O) groups excluding carboxylic acids is 2. The number of thioether (sulfide) groups is 1. The minimum Gasteiger partial charge on any atom is -0.378 e. The van der Waals surface area contributed by atoms with Gasteiger partial charge in [-0.15, -0.1) is 0 Å². The highest BCUT2D eigenvalue weighted by molar-refractivity contribution is 7.99. The molecule has 0 saturated carbocycles. The number of aryl methyl sites for hydroxylation is 2. The van der Waals surface area contributed by atoms with Gasteiger partial charge in [-0.1, -0.05) is 36.0 Å². The summed E-state index contributed by atoms with van der Waals surface area (Å²) < 4.78 is 13.7. The average Bonchev–Trinajstić information content (AvgIpc) is 2.93. The lowest BCUT2D eigenvalue weighted by molar-refractivity contribution is -0.139. The van der Waals surface area contributed by atoms with Crippen LogP contribution in [0.5, 0.6) is 0 Å². The zero-order valence-electron chi connectivity index (χ0n) is 23.4. The number of hydrogen-bond acceptors (Lipinski definition) is 6. The van der Waals surface area contributed by atoms with Crippen LogP contribution in [0.1, 0.15) is 36.2 Å². The van der Waals surface area contributed by atoms with Crippen LogP contribution in [0.15, 0.2) is 71.9 Å². The SMILES string of the molecule is Cc1cc(C)nc(SCC(=O)N(Cc2ccc(F)cc2)[C@@H](C(=O)Nc2ccc(N(C)C)cc2)[C@@H]2CC=CCC2)n1. The zero-order chi connectivity index (χ0) is 28.6. The Hall–Kier alpha value is -3.72. The molecule has 1 aromatic heterocycles. The second-order valence-electron chi connectivity index (χ2n) is 10.3. The maximum Gasteiger partial charge on any atom is 0.247 e. The van der Waals surface area contributed by atoms with Crippen LogP contribution >= 0.6 is 11.8 Å². The number of nitrogens with zero attached hydrogens (tertiary/aromatic N) is 4. The molecule has 1 aliphatic rings. The smallest absolute Gasteiger partial charge is 0.247 e. The number of carbonyl (C=O) groups is 2. The highest BCUT2D eigenvalue weighted by Crippen LogP contribution is 2.29. The van der Waals surface area contributed by atoms with Crippen LogP contribution in [0.3, 0.4) is 0 Å². The van der Waals surface area contributed by atoms with Gasteiger partial charge in [0.2, 0.25) is 11.8 Å². The van der Waals surface area contributed by atoms with Crippen molar-refractivity contribution >= 4 is 35.0 Å². The van der Waals surface area contributed by atoms with Crippen LogP contribution in [0.25, 0.3) is 0 Å². The molecule has 0 fully saturated rings. The van der Waals surface area contributed by atoms with Gasteiger partial charge in [0, 0.05) is 43.4 Å². The predicted molar refractivity (Wildman–Crippen MR) is 159 cm³/mol. The van der Waals surface area contributed by atoms with Crippen molar-refractivity contribution in [2.75, 3.05) is 30.1 Å². The van der Waals surface area contributed by atoms with Crippen molar-refractivity contribution in [3.05, 3.63) is 89.5 Å². The van der Waals surface area contributed by atoms with E-state index < -0.39 is 6.04 Å². The molecule has 1 heterocycles. The molecule has 0 unspecified atom stereocenters. The van der Waals surface area contributed by atoms with E-state index in [0.29, 0.717) is 17.3 Å². The highest BCUT2D eigenvalue weighted by atomic mass is 32.2. The topological polar surface area (TPSA) is 78.4 Å². The zero-order valence-corrected chi connectivity index (χ0v) is 24.2. The molecule has 4 rings (SSSR count). The minimum absolute atomic E-state index is 0.0575. The van der Waals surface area contributed by atoms with E-state index in [1.807, 2.05) is 63.2 Å². The van der Waals surface area contributed by atoms with Gasteiger partial charge in [0.1, 0.15) is 11.9 Å². The Morgan fingerprint density at radius 1 is 1.02 bits per heavy atom.